The second-order valence-corrected chi connectivity index (χ2v) is 10.4. The summed E-state index contributed by atoms with van der Waals surface area (Å²) >= 11 is 0. The Labute approximate surface area is 169 Å². The summed E-state index contributed by atoms with van der Waals surface area (Å²) in [4.78, 5) is 0. The molecule has 0 radical (unpaired) electrons. The van der Waals surface area contributed by atoms with Gasteiger partial charge in [-0.05, 0) is 37.8 Å². The maximum Gasteiger partial charge on any atom is 0.280 e. The molecule has 10 nitrogen and oxygen atoms in total. The summed E-state index contributed by atoms with van der Waals surface area (Å²) in [6.07, 6.45) is 5.06. The van der Waals surface area contributed by atoms with E-state index in [4.69, 9.17) is 0 Å². The first kappa shape index (κ1) is 18.2. The van der Waals surface area contributed by atoms with Gasteiger partial charge in [0.05, 0.1) is 0 Å². The molecule has 2 aromatic rings. The van der Waals surface area contributed by atoms with Crippen LogP contribution in [0.25, 0.3) is 11.0 Å². The second kappa shape index (κ2) is 6.47. The zero-order chi connectivity index (χ0) is 19.6. The molecule has 0 amide bonds. The molecule has 5 heterocycles. The average molecular weight is 416 g/mol. The fourth-order valence-corrected chi connectivity index (χ4v) is 8.03. The lowest BCUT2D eigenvalue weighted by atomic mass is 10.1. The number of rotatable bonds is 3. The third-order valence-corrected chi connectivity index (χ3v) is 9.30. The zero-order valence-electron chi connectivity index (χ0n) is 16.2. The van der Waals surface area contributed by atoms with Crippen molar-refractivity contribution in [3.63, 3.8) is 0 Å². The van der Waals surface area contributed by atoms with Crippen LogP contribution in [-0.4, -0.2) is 77.9 Å². The molecule has 1 aromatic heterocycles. The van der Waals surface area contributed by atoms with E-state index < -0.39 is 19.9 Å². The summed E-state index contributed by atoms with van der Waals surface area (Å²) in [6, 6.07) is 5.57. The van der Waals surface area contributed by atoms with Crippen LogP contribution in [0.2, 0.25) is 0 Å². The normalized spacial score (nSPS) is 29.9. The smallest absolute Gasteiger partial charge is 0.280 e. The summed E-state index contributed by atoms with van der Waals surface area (Å²) in [5.74, 6) is -2.19. The molecule has 0 saturated carbocycles. The third-order valence-electron chi connectivity index (χ3n) is 6.58. The van der Waals surface area contributed by atoms with Crippen molar-refractivity contribution in [2.24, 2.45) is 10.2 Å². The van der Waals surface area contributed by atoms with Gasteiger partial charge in [-0.1, -0.05) is 11.3 Å². The van der Waals surface area contributed by atoms with Crippen LogP contribution in [0, 0.1) is 0 Å². The van der Waals surface area contributed by atoms with Gasteiger partial charge in [0.2, 0.25) is 5.66 Å². The monoisotopic (exact) mass is 416 g/mol. The lowest BCUT2D eigenvalue weighted by Gasteiger charge is -2.46. The Morgan fingerprint density at radius 3 is 2.31 bits per heavy atom. The quantitative estimate of drug-likeness (QED) is 0.582. The van der Waals surface area contributed by atoms with E-state index in [9.17, 15) is 10.2 Å². The first-order chi connectivity index (χ1) is 14.1. The molecule has 3 fully saturated rings. The molecule has 29 heavy (non-hydrogen) atoms. The van der Waals surface area contributed by atoms with Crippen LogP contribution in [0.5, 0.6) is 0 Å². The minimum absolute atomic E-state index is 0.427. The van der Waals surface area contributed by atoms with Crippen LogP contribution < -0.4 is 0 Å². The number of aromatic nitrogens is 3. The lowest BCUT2D eigenvalue weighted by Crippen LogP contribution is -2.59. The summed E-state index contributed by atoms with van der Waals surface area (Å²) in [5, 5.41) is 40.6. The SMILES string of the molecule is OC1(O)N(P(N2CCCC2)N2CCCC2)CCC12N=Nc1cccc3nnn2c13. The van der Waals surface area contributed by atoms with Crippen molar-refractivity contribution in [2.45, 2.75) is 43.7 Å². The molecule has 4 aliphatic heterocycles. The Kier molecular flexibility index (Phi) is 4.07. The maximum atomic E-state index is 11.6. The zero-order valence-corrected chi connectivity index (χ0v) is 17.1. The Bertz CT molecular complexity index is 952. The van der Waals surface area contributed by atoms with Crippen molar-refractivity contribution >= 4 is 25.1 Å². The topological polar surface area (TPSA) is 106 Å². The highest BCUT2D eigenvalue weighted by Crippen LogP contribution is 2.60. The van der Waals surface area contributed by atoms with E-state index in [2.05, 4.69) is 29.9 Å². The number of para-hydroxylation sites is 1. The fourth-order valence-electron chi connectivity index (χ4n) is 5.09. The van der Waals surface area contributed by atoms with E-state index in [-0.39, 0.29) is 0 Å². The van der Waals surface area contributed by atoms with Gasteiger partial charge in [0.1, 0.15) is 25.1 Å². The minimum atomic E-state index is -2.19. The molecule has 4 aliphatic rings. The molecule has 11 heteroatoms. The number of benzene rings is 1. The van der Waals surface area contributed by atoms with Gasteiger partial charge in [0, 0.05) is 39.1 Å². The molecule has 2 N–H and O–H groups in total. The first-order valence-corrected chi connectivity index (χ1v) is 11.6. The van der Waals surface area contributed by atoms with Gasteiger partial charge < -0.3 is 10.2 Å². The Morgan fingerprint density at radius 2 is 1.62 bits per heavy atom. The van der Waals surface area contributed by atoms with Crippen LogP contribution in [0.1, 0.15) is 32.1 Å². The summed E-state index contributed by atoms with van der Waals surface area (Å²) in [7, 11) is -0.978. The van der Waals surface area contributed by atoms with Gasteiger partial charge in [-0.15, -0.1) is 5.10 Å². The Hall–Kier alpha value is -1.55. The van der Waals surface area contributed by atoms with Gasteiger partial charge in [-0.2, -0.15) is 10.2 Å². The van der Waals surface area contributed by atoms with Crippen LogP contribution in [-0.2, 0) is 5.66 Å². The molecule has 1 atom stereocenters. The van der Waals surface area contributed by atoms with Gasteiger partial charge in [-0.25, -0.2) is 9.35 Å². The van der Waals surface area contributed by atoms with E-state index in [0.29, 0.717) is 29.7 Å². The molecular formula is C18H25N8O2P. The number of hydrogen-bond donors (Lipinski definition) is 2. The highest BCUT2D eigenvalue weighted by atomic mass is 31.2. The van der Waals surface area contributed by atoms with Gasteiger partial charge in [-0.3, -0.25) is 9.34 Å². The molecule has 1 unspecified atom stereocenters. The molecule has 0 bridgehead atoms. The van der Waals surface area contributed by atoms with Crippen molar-refractivity contribution < 1.29 is 10.2 Å². The van der Waals surface area contributed by atoms with Crippen molar-refractivity contribution in [2.75, 3.05) is 32.7 Å². The van der Waals surface area contributed by atoms with Crippen molar-refractivity contribution in [1.29, 1.82) is 0 Å². The number of aliphatic hydroxyl groups is 2. The molecular weight excluding hydrogens is 391 g/mol. The Balaban J connectivity index is 1.44. The van der Waals surface area contributed by atoms with Gasteiger partial charge in [0.15, 0.2) is 0 Å². The van der Waals surface area contributed by atoms with E-state index in [1.807, 2.05) is 22.9 Å². The van der Waals surface area contributed by atoms with Crippen LogP contribution in [0.4, 0.5) is 5.69 Å². The number of fused-ring (bicyclic) bond motifs is 1. The Morgan fingerprint density at radius 1 is 0.931 bits per heavy atom. The van der Waals surface area contributed by atoms with E-state index in [0.717, 1.165) is 51.9 Å². The molecule has 154 valence electrons. The van der Waals surface area contributed by atoms with Crippen LogP contribution in [0.3, 0.4) is 0 Å². The standard InChI is InChI=1S/C18H25N8O2P/c27-18(28)17(21-19-14-6-5-7-15-16(14)26(17)22-20-15)8-13-25(18)29(23-9-1-2-10-23)24-11-3-4-12-24/h5-7,27-28H,1-4,8-13H2. The summed E-state index contributed by atoms with van der Waals surface area (Å²) in [5.41, 5.74) is 0.684. The second-order valence-electron chi connectivity index (χ2n) is 8.26. The highest BCUT2D eigenvalue weighted by Gasteiger charge is 2.66. The maximum absolute atomic E-state index is 11.6. The molecule has 6 rings (SSSR count). The van der Waals surface area contributed by atoms with E-state index in [1.165, 1.54) is 0 Å². The van der Waals surface area contributed by atoms with Gasteiger partial charge in [0.25, 0.3) is 5.91 Å². The molecule has 0 aliphatic carbocycles. The summed E-state index contributed by atoms with van der Waals surface area (Å²) in [6.45, 7) is 4.52. The molecule has 1 spiro atoms. The number of nitrogens with zero attached hydrogens (tertiary/aromatic N) is 8. The predicted octanol–water partition coefficient (Wildman–Crippen LogP) is 1.94. The van der Waals surface area contributed by atoms with Crippen LogP contribution >= 0.6 is 8.37 Å². The first-order valence-electron chi connectivity index (χ1n) is 10.4. The number of hydrogen-bond acceptors (Lipinski definition) is 9. The third kappa shape index (κ3) is 2.44. The predicted molar refractivity (Wildman–Crippen MR) is 107 cm³/mol. The average Bonchev–Trinajstić information content (AvgIpc) is 3.50. The molecule has 1 aromatic carbocycles. The van der Waals surface area contributed by atoms with Crippen molar-refractivity contribution in [3.05, 3.63) is 18.2 Å². The highest BCUT2D eigenvalue weighted by molar-refractivity contribution is 7.50. The molecule has 3 saturated heterocycles. The van der Waals surface area contributed by atoms with E-state index >= 15 is 0 Å². The minimum Gasteiger partial charge on any atom is -0.350 e. The van der Waals surface area contributed by atoms with Gasteiger partial charge >= 0.3 is 0 Å². The number of azo groups is 1. The van der Waals surface area contributed by atoms with Crippen molar-refractivity contribution in [3.8, 4) is 0 Å². The van der Waals surface area contributed by atoms with Crippen molar-refractivity contribution in [1.82, 2.24) is 29.0 Å². The fraction of sp³-hybridized carbons (Fsp3) is 0.667. The van der Waals surface area contributed by atoms with E-state index in [1.54, 1.807) is 4.68 Å². The summed E-state index contributed by atoms with van der Waals surface area (Å²) < 4.78 is 8.32. The van der Waals surface area contributed by atoms with Crippen LogP contribution in [0.15, 0.2) is 28.4 Å². The largest absolute Gasteiger partial charge is 0.350 e. The lowest BCUT2D eigenvalue weighted by molar-refractivity contribution is -0.273.